The first-order chi connectivity index (χ1) is 8.09. The Balaban J connectivity index is 2.06. The third kappa shape index (κ3) is 2.71. The van der Waals surface area contributed by atoms with Crippen molar-refractivity contribution in [2.75, 3.05) is 6.54 Å². The molecule has 1 aliphatic carbocycles. The van der Waals surface area contributed by atoms with Crippen LogP contribution in [0.15, 0.2) is 12.2 Å². The molecule has 1 heterocycles. The van der Waals surface area contributed by atoms with Crippen LogP contribution in [0.1, 0.15) is 45.4 Å². The molecule has 1 saturated carbocycles. The molecular weight excluding hydrogens is 214 g/mol. The van der Waals surface area contributed by atoms with Crippen molar-refractivity contribution in [3.8, 4) is 0 Å². The van der Waals surface area contributed by atoms with E-state index in [0.29, 0.717) is 12.0 Å². The molecule has 0 radical (unpaired) electrons. The molecule has 0 aromatic rings. The van der Waals surface area contributed by atoms with Crippen molar-refractivity contribution >= 4 is 5.97 Å². The van der Waals surface area contributed by atoms with Gasteiger partial charge in [0.15, 0.2) is 0 Å². The first-order valence-electron chi connectivity index (χ1n) is 6.72. The molecule has 3 atom stereocenters. The van der Waals surface area contributed by atoms with Crippen LogP contribution in [0.5, 0.6) is 0 Å². The monoisotopic (exact) mass is 237 g/mol. The Morgan fingerprint density at radius 3 is 2.76 bits per heavy atom. The molecule has 0 spiro atoms. The lowest BCUT2D eigenvalue weighted by Gasteiger charge is -2.33. The minimum atomic E-state index is -0.638. The van der Waals surface area contributed by atoms with E-state index in [2.05, 4.69) is 11.5 Å². The second-order valence-corrected chi connectivity index (χ2v) is 5.65. The summed E-state index contributed by atoms with van der Waals surface area (Å²) in [6.07, 6.45) is 6.73. The fourth-order valence-corrected chi connectivity index (χ4v) is 3.44. The number of nitrogens with zero attached hydrogens (tertiary/aromatic N) is 1. The highest BCUT2D eigenvalue weighted by Crippen LogP contribution is 2.39. The number of carboxylic acids is 1. The summed E-state index contributed by atoms with van der Waals surface area (Å²) in [7, 11) is 0. The highest BCUT2D eigenvalue weighted by atomic mass is 16.4. The number of likely N-dealkylation sites (tertiary alicyclic amines) is 1. The highest BCUT2D eigenvalue weighted by molar-refractivity contribution is 5.74. The smallest absolute Gasteiger partial charge is 0.320 e. The summed E-state index contributed by atoms with van der Waals surface area (Å²) in [5.74, 6) is -0.0175. The van der Waals surface area contributed by atoms with Crippen LogP contribution in [0.25, 0.3) is 0 Å². The van der Waals surface area contributed by atoms with Crippen molar-refractivity contribution in [2.45, 2.75) is 57.5 Å². The van der Waals surface area contributed by atoms with E-state index < -0.39 is 5.97 Å². The molecule has 1 aliphatic heterocycles. The normalized spacial score (nSPS) is 33.4. The molecule has 0 bridgehead atoms. The van der Waals surface area contributed by atoms with Crippen LogP contribution >= 0.6 is 0 Å². The molecule has 17 heavy (non-hydrogen) atoms. The molecule has 3 heteroatoms. The molecule has 1 N–H and O–H groups in total. The summed E-state index contributed by atoms with van der Waals surface area (Å²) in [5, 5.41) is 9.33. The molecular formula is C14H23NO2. The number of rotatable bonds is 4. The van der Waals surface area contributed by atoms with E-state index in [1.54, 1.807) is 0 Å². The predicted octanol–water partition coefficient (Wildman–Crippen LogP) is 2.67. The molecule has 0 aromatic heterocycles. The fourth-order valence-electron chi connectivity index (χ4n) is 3.44. The van der Waals surface area contributed by atoms with Gasteiger partial charge in [-0.2, -0.15) is 0 Å². The molecule has 2 aliphatic rings. The van der Waals surface area contributed by atoms with Gasteiger partial charge in [0.05, 0.1) is 0 Å². The summed E-state index contributed by atoms with van der Waals surface area (Å²) >= 11 is 0. The minimum Gasteiger partial charge on any atom is -0.480 e. The molecule has 3 unspecified atom stereocenters. The summed E-state index contributed by atoms with van der Waals surface area (Å²) in [5.41, 5.74) is 1.15. The Morgan fingerprint density at radius 1 is 1.41 bits per heavy atom. The number of carbonyl (C=O) groups is 1. The minimum absolute atomic E-state index is 0.248. The van der Waals surface area contributed by atoms with Crippen LogP contribution in [0.4, 0.5) is 0 Å². The number of carboxylic acid groups (broad SMARTS) is 1. The number of aliphatic carboxylic acids is 1. The van der Waals surface area contributed by atoms with Gasteiger partial charge in [-0.15, -0.1) is 6.58 Å². The fraction of sp³-hybridized carbons (Fsp3) is 0.786. The van der Waals surface area contributed by atoms with E-state index in [1.165, 1.54) is 25.7 Å². The average Bonchev–Trinajstić information content (AvgIpc) is 2.65. The second-order valence-electron chi connectivity index (χ2n) is 5.65. The van der Waals surface area contributed by atoms with Crippen LogP contribution in [0, 0.1) is 5.92 Å². The lowest BCUT2D eigenvalue weighted by Crippen LogP contribution is -2.42. The molecule has 0 amide bonds. The van der Waals surface area contributed by atoms with Crippen molar-refractivity contribution in [1.82, 2.24) is 4.90 Å². The third-order valence-electron chi connectivity index (χ3n) is 4.30. The van der Waals surface area contributed by atoms with Crippen molar-refractivity contribution in [3.63, 3.8) is 0 Å². The summed E-state index contributed by atoms with van der Waals surface area (Å²) in [6, 6.07) is 0.270. The van der Waals surface area contributed by atoms with Gasteiger partial charge in [0.2, 0.25) is 0 Å². The number of fused-ring (bicyclic) bond motifs is 1. The van der Waals surface area contributed by atoms with Crippen molar-refractivity contribution in [1.29, 1.82) is 0 Å². The van der Waals surface area contributed by atoms with Gasteiger partial charge >= 0.3 is 5.97 Å². The predicted molar refractivity (Wildman–Crippen MR) is 67.9 cm³/mol. The third-order valence-corrected chi connectivity index (χ3v) is 4.30. The Kier molecular flexibility index (Phi) is 3.87. The van der Waals surface area contributed by atoms with Crippen LogP contribution in [-0.4, -0.2) is 34.6 Å². The zero-order valence-electron chi connectivity index (χ0n) is 10.7. The van der Waals surface area contributed by atoms with Gasteiger partial charge in [0.25, 0.3) is 0 Å². The van der Waals surface area contributed by atoms with E-state index >= 15 is 0 Å². The van der Waals surface area contributed by atoms with Gasteiger partial charge in [0.1, 0.15) is 6.04 Å². The maximum absolute atomic E-state index is 11.3. The SMILES string of the molecule is C=C(C)CCN1C(C(=O)O)CC2CCCCC21. The van der Waals surface area contributed by atoms with E-state index in [9.17, 15) is 9.90 Å². The van der Waals surface area contributed by atoms with Crippen molar-refractivity contribution in [2.24, 2.45) is 5.92 Å². The van der Waals surface area contributed by atoms with Crippen molar-refractivity contribution < 1.29 is 9.90 Å². The van der Waals surface area contributed by atoms with Gasteiger partial charge in [-0.25, -0.2) is 0 Å². The van der Waals surface area contributed by atoms with E-state index in [1.807, 2.05) is 6.92 Å². The lowest BCUT2D eigenvalue weighted by molar-refractivity contribution is -0.142. The van der Waals surface area contributed by atoms with Gasteiger partial charge < -0.3 is 5.11 Å². The Morgan fingerprint density at radius 2 is 2.12 bits per heavy atom. The Labute approximate surface area is 103 Å². The topological polar surface area (TPSA) is 40.5 Å². The van der Waals surface area contributed by atoms with Crippen molar-refractivity contribution in [3.05, 3.63) is 12.2 Å². The zero-order chi connectivity index (χ0) is 12.4. The highest BCUT2D eigenvalue weighted by Gasteiger charge is 2.44. The standard InChI is InChI=1S/C14H23NO2/c1-10(2)7-8-15-12-6-4-3-5-11(12)9-13(15)14(16)17/h11-13H,1,3-9H2,2H3,(H,16,17). The number of hydrogen-bond donors (Lipinski definition) is 1. The molecule has 96 valence electrons. The molecule has 0 aromatic carbocycles. The number of hydrogen-bond acceptors (Lipinski definition) is 2. The van der Waals surface area contributed by atoms with Crippen LogP contribution in [0.2, 0.25) is 0 Å². The summed E-state index contributed by atoms with van der Waals surface area (Å²) in [4.78, 5) is 13.6. The first-order valence-corrected chi connectivity index (χ1v) is 6.72. The molecule has 1 saturated heterocycles. The zero-order valence-corrected chi connectivity index (χ0v) is 10.7. The van der Waals surface area contributed by atoms with Gasteiger partial charge in [-0.05, 0) is 38.5 Å². The quantitative estimate of drug-likeness (QED) is 0.764. The largest absolute Gasteiger partial charge is 0.480 e. The maximum Gasteiger partial charge on any atom is 0.320 e. The van der Waals surface area contributed by atoms with Crippen LogP contribution in [-0.2, 0) is 4.79 Å². The Hall–Kier alpha value is -0.830. The summed E-state index contributed by atoms with van der Waals surface area (Å²) < 4.78 is 0. The van der Waals surface area contributed by atoms with E-state index in [0.717, 1.165) is 25.0 Å². The second kappa shape index (κ2) is 5.21. The van der Waals surface area contributed by atoms with E-state index in [4.69, 9.17) is 0 Å². The average molecular weight is 237 g/mol. The molecule has 2 rings (SSSR count). The van der Waals surface area contributed by atoms with Crippen LogP contribution < -0.4 is 0 Å². The van der Waals surface area contributed by atoms with Gasteiger partial charge in [-0.1, -0.05) is 18.4 Å². The maximum atomic E-state index is 11.3. The van der Waals surface area contributed by atoms with Gasteiger partial charge in [0, 0.05) is 12.6 Å². The molecule has 3 nitrogen and oxygen atoms in total. The lowest BCUT2D eigenvalue weighted by atomic mass is 9.84. The van der Waals surface area contributed by atoms with Crippen LogP contribution in [0.3, 0.4) is 0 Å². The summed E-state index contributed by atoms with van der Waals surface area (Å²) in [6.45, 7) is 6.80. The molecule has 2 fully saturated rings. The first kappa shape index (κ1) is 12.6. The Bertz CT molecular complexity index is 313. The van der Waals surface area contributed by atoms with E-state index in [-0.39, 0.29) is 6.04 Å². The van der Waals surface area contributed by atoms with Gasteiger partial charge in [-0.3, -0.25) is 9.69 Å².